The van der Waals surface area contributed by atoms with Gasteiger partial charge in [-0.15, -0.1) is 11.3 Å². The summed E-state index contributed by atoms with van der Waals surface area (Å²) in [5.74, 6) is -0.327. The molecule has 1 fully saturated rings. The molecule has 1 N–H and O–H groups in total. The van der Waals surface area contributed by atoms with Crippen molar-refractivity contribution in [2.75, 3.05) is 0 Å². The number of carbonyl (C=O) groups is 1. The smallest absolute Gasteiger partial charge is 0.327 e. The summed E-state index contributed by atoms with van der Waals surface area (Å²) in [6.45, 7) is 5.65. The normalized spacial score (nSPS) is 24.5. The lowest BCUT2D eigenvalue weighted by molar-refractivity contribution is -0.162. The van der Waals surface area contributed by atoms with Gasteiger partial charge in [-0.05, 0) is 44.8 Å². The summed E-state index contributed by atoms with van der Waals surface area (Å²) in [5, 5.41) is 8.37. The number of hydrogen-bond acceptors (Lipinski definition) is 9. The molecule has 1 saturated heterocycles. The molecule has 0 saturated carbocycles. The highest BCUT2D eigenvalue weighted by Crippen LogP contribution is 2.46. The van der Waals surface area contributed by atoms with Gasteiger partial charge in [-0.3, -0.25) is 20.1 Å². The summed E-state index contributed by atoms with van der Waals surface area (Å²) in [6, 6.07) is 1.80. The molecule has 1 aliphatic heterocycles. The van der Waals surface area contributed by atoms with Gasteiger partial charge >= 0.3 is 5.97 Å². The lowest BCUT2D eigenvalue weighted by Crippen LogP contribution is -2.52. The molecular formula is C20H23N5O2S2. The van der Waals surface area contributed by atoms with E-state index < -0.39 is 11.1 Å². The number of rotatable bonds is 5. The molecule has 152 valence electrons. The van der Waals surface area contributed by atoms with Gasteiger partial charge in [-0.2, -0.15) is 4.37 Å². The van der Waals surface area contributed by atoms with Gasteiger partial charge in [0.25, 0.3) is 0 Å². The number of esters is 1. The minimum atomic E-state index is -0.917. The van der Waals surface area contributed by atoms with E-state index >= 15 is 0 Å². The summed E-state index contributed by atoms with van der Waals surface area (Å²) in [7, 11) is 0. The van der Waals surface area contributed by atoms with Gasteiger partial charge in [0, 0.05) is 47.9 Å². The van der Waals surface area contributed by atoms with Gasteiger partial charge in [-0.25, -0.2) is 4.98 Å². The maximum Gasteiger partial charge on any atom is 0.327 e. The fourth-order valence-electron chi connectivity index (χ4n) is 3.70. The standard InChI is InChI=1S/C20H23N5O2S2/c1-19(2,3)27-18(26)20(10-13-4-8-29-25-13)11-14(15-12-21-5-6-22-15)16(24-20)17-23-7-9-28-17/h4-9,12,14,16,24H,10-11H2,1-3H3/t14-,16-,20+/m1/s1. The molecule has 9 heteroatoms. The van der Waals surface area contributed by atoms with Crippen molar-refractivity contribution in [1.82, 2.24) is 24.6 Å². The van der Waals surface area contributed by atoms with E-state index in [9.17, 15) is 4.79 Å². The Bertz CT molecular complexity index is 941. The van der Waals surface area contributed by atoms with Crippen LogP contribution in [-0.2, 0) is 16.0 Å². The third-order valence-electron chi connectivity index (χ3n) is 4.85. The summed E-state index contributed by atoms with van der Waals surface area (Å²) in [5.41, 5.74) is 0.199. The highest BCUT2D eigenvalue weighted by Gasteiger charge is 2.54. The van der Waals surface area contributed by atoms with Crippen molar-refractivity contribution < 1.29 is 9.53 Å². The first-order valence-corrected chi connectivity index (χ1v) is 11.1. The number of nitrogens with one attached hydrogen (secondary N) is 1. The monoisotopic (exact) mass is 429 g/mol. The molecule has 0 aromatic carbocycles. The van der Waals surface area contributed by atoms with Crippen LogP contribution in [0.15, 0.2) is 41.6 Å². The van der Waals surface area contributed by atoms with Crippen LogP contribution in [0.2, 0.25) is 0 Å². The molecule has 0 spiro atoms. The molecule has 4 rings (SSSR count). The molecule has 0 bridgehead atoms. The predicted molar refractivity (Wildman–Crippen MR) is 112 cm³/mol. The van der Waals surface area contributed by atoms with Crippen LogP contribution in [0.25, 0.3) is 0 Å². The van der Waals surface area contributed by atoms with E-state index in [2.05, 4.69) is 24.6 Å². The molecule has 3 atom stereocenters. The minimum absolute atomic E-state index is 0.0546. The van der Waals surface area contributed by atoms with Crippen molar-refractivity contribution in [3.05, 3.63) is 58.0 Å². The minimum Gasteiger partial charge on any atom is -0.459 e. The largest absolute Gasteiger partial charge is 0.459 e. The molecule has 1 aliphatic rings. The third kappa shape index (κ3) is 4.36. The Balaban J connectivity index is 1.75. The summed E-state index contributed by atoms with van der Waals surface area (Å²) in [4.78, 5) is 26.7. The zero-order valence-corrected chi connectivity index (χ0v) is 18.2. The molecule has 29 heavy (non-hydrogen) atoms. The zero-order chi connectivity index (χ0) is 20.5. The second-order valence-corrected chi connectivity index (χ2v) is 9.78. The molecule has 0 radical (unpaired) electrons. The van der Waals surface area contributed by atoms with E-state index in [1.165, 1.54) is 11.5 Å². The Morgan fingerprint density at radius 2 is 2.14 bits per heavy atom. The number of thiazole rings is 1. The Morgan fingerprint density at radius 1 is 1.28 bits per heavy atom. The van der Waals surface area contributed by atoms with Crippen LogP contribution in [0.4, 0.5) is 0 Å². The van der Waals surface area contributed by atoms with Crippen LogP contribution >= 0.6 is 22.9 Å². The first kappa shape index (κ1) is 20.1. The number of nitrogens with zero attached hydrogens (tertiary/aromatic N) is 4. The van der Waals surface area contributed by atoms with Crippen molar-refractivity contribution in [2.45, 2.75) is 56.7 Å². The molecule has 0 unspecified atom stereocenters. The molecular weight excluding hydrogens is 406 g/mol. The van der Waals surface area contributed by atoms with Crippen LogP contribution in [0, 0.1) is 0 Å². The summed E-state index contributed by atoms with van der Waals surface area (Å²) in [6.07, 6.45) is 7.86. The fourth-order valence-corrected chi connectivity index (χ4v) is 4.99. The van der Waals surface area contributed by atoms with Crippen molar-refractivity contribution >= 4 is 28.8 Å². The first-order valence-electron chi connectivity index (χ1n) is 9.42. The van der Waals surface area contributed by atoms with Crippen molar-refractivity contribution in [1.29, 1.82) is 0 Å². The van der Waals surface area contributed by atoms with E-state index in [0.717, 1.165) is 16.4 Å². The maximum absolute atomic E-state index is 13.4. The van der Waals surface area contributed by atoms with E-state index in [1.807, 2.05) is 37.6 Å². The average molecular weight is 430 g/mol. The predicted octanol–water partition coefficient (Wildman–Crippen LogP) is 3.53. The number of aromatic nitrogens is 4. The quantitative estimate of drug-likeness (QED) is 0.621. The highest BCUT2D eigenvalue weighted by atomic mass is 32.1. The van der Waals surface area contributed by atoms with E-state index in [0.29, 0.717) is 12.8 Å². The van der Waals surface area contributed by atoms with Gasteiger partial charge in [0.05, 0.1) is 17.4 Å². The Hall–Kier alpha value is -2.23. The third-order valence-corrected chi connectivity index (χ3v) is 6.30. The maximum atomic E-state index is 13.4. The summed E-state index contributed by atoms with van der Waals surface area (Å²) >= 11 is 2.94. The average Bonchev–Trinajstić information content (AvgIpc) is 3.42. The second-order valence-electron chi connectivity index (χ2n) is 8.18. The van der Waals surface area contributed by atoms with Crippen LogP contribution in [0.5, 0.6) is 0 Å². The topological polar surface area (TPSA) is 89.9 Å². The molecule has 3 aromatic rings. The zero-order valence-electron chi connectivity index (χ0n) is 16.5. The van der Waals surface area contributed by atoms with Gasteiger partial charge in [0.15, 0.2) is 0 Å². The first-order chi connectivity index (χ1) is 13.9. The van der Waals surface area contributed by atoms with E-state index in [-0.39, 0.29) is 17.9 Å². The highest BCUT2D eigenvalue weighted by molar-refractivity contribution is 7.09. The van der Waals surface area contributed by atoms with E-state index in [4.69, 9.17) is 4.74 Å². The molecule has 0 aliphatic carbocycles. The van der Waals surface area contributed by atoms with Gasteiger partial charge in [0.1, 0.15) is 16.1 Å². The second kappa shape index (κ2) is 7.89. The Morgan fingerprint density at radius 3 is 2.76 bits per heavy atom. The lowest BCUT2D eigenvalue weighted by Gasteiger charge is -2.31. The SMILES string of the molecule is CC(C)(C)OC(=O)[C@]1(Cc2ccsn2)C[C@H](c2cnccn2)[C@H](c2nccs2)N1. The van der Waals surface area contributed by atoms with Crippen LogP contribution in [0.1, 0.15) is 55.5 Å². The van der Waals surface area contributed by atoms with Crippen molar-refractivity contribution in [3.63, 3.8) is 0 Å². The molecule has 7 nitrogen and oxygen atoms in total. The van der Waals surface area contributed by atoms with Crippen LogP contribution in [0.3, 0.4) is 0 Å². The lowest BCUT2D eigenvalue weighted by atomic mass is 9.86. The van der Waals surface area contributed by atoms with Gasteiger partial charge in [-0.1, -0.05) is 0 Å². The van der Waals surface area contributed by atoms with Crippen LogP contribution < -0.4 is 5.32 Å². The fraction of sp³-hybridized carbons (Fsp3) is 0.450. The molecule has 0 amide bonds. The van der Waals surface area contributed by atoms with Crippen molar-refractivity contribution in [3.8, 4) is 0 Å². The molecule has 4 heterocycles. The summed E-state index contributed by atoms with van der Waals surface area (Å²) < 4.78 is 10.3. The number of carbonyl (C=O) groups excluding carboxylic acids is 1. The van der Waals surface area contributed by atoms with Crippen molar-refractivity contribution in [2.24, 2.45) is 0 Å². The van der Waals surface area contributed by atoms with E-state index in [1.54, 1.807) is 36.1 Å². The van der Waals surface area contributed by atoms with Gasteiger partial charge in [0.2, 0.25) is 0 Å². The Kier molecular flexibility index (Phi) is 5.46. The molecule has 3 aromatic heterocycles. The Labute approximate surface area is 177 Å². The number of hydrogen-bond donors (Lipinski definition) is 1. The van der Waals surface area contributed by atoms with Crippen LogP contribution in [-0.4, -0.2) is 36.4 Å². The number of ether oxygens (including phenoxy) is 1. The van der Waals surface area contributed by atoms with Gasteiger partial charge < -0.3 is 4.74 Å².